The van der Waals surface area contributed by atoms with Crippen LogP contribution in [0.1, 0.15) is 12.8 Å². The fraction of sp³-hybridized carbons (Fsp3) is 1.00. The lowest BCUT2D eigenvalue weighted by atomic mass is 9.82. The predicted molar refractivity (Wildman–Crippen MR) is 60.3 cm³/mol. The molecule has 1 fully saturated rings. The Morgan fingerprint density at radius 1 is 1.38 bits per heavy atom. The molecule has 0 aliphatic heterocycles. The number of hydrogen-bond acceptors (Lipinski definition) is 5. The molecule has 3 N–H and O–H groups in total. The second-order valence-electron chi connectivity index (χ2n) is 4.37. The zero-order valence-corrected chi connectivity index (χ0v) is 9.89. The fourth-order valence-electron chi connectivity index (χ4n) is 1.74. The van der Waals surface area contributed by atoms with Crippen molar-refractivity contribution in [1.29, 1.82) is 0 Å². The highest BCUT2D eigenvalue weighted by Crippen LogP contribution is 2.25. The Labute approximate surface area is 96.7 Å². The van der Waals surface area contributed by atoms with E-state index in [2.05, 4.69) is 5.32 Å². The summed E-state index contributed by atoms with van der Waals surface area (Å²) in [5.74, 6) is 0.566. The molecule has 1 aliphatic carbocycles. The highest BCUT2D eigenvalue weighted by Gasteiger charge is 2.26. The molecule has 0 aromatic carbocycles. The molecule has 0 heterocycles. The standard InChI is InChI=1S/C11H23NO4/c1-15-2-3-16-8-11(14)7-12-6-9-4-10(13)5-9/h9-14H,2-8H2,1H3. The van der Waals surface area contributed by atoms with Crippen molar-refractivity contribution in [2.45, 2.75) is 25.0 Å². The first-order valence-corrected chi connectivity index (χ1v) is 5.86. The van der Waals surface area contributed by atoms with Crippen molar-refractivity contribution < 1.29 is 19.7 Å². The summed E-state index contributed by atoms with van der Waals surface area (Å²) in [7, 11) is 1.62. The summed E-state index contributed by atoms with van der Waals surface area (Å²) in [5.41, 5.74) is 0. The maximum Gasteiger partial charge on any atom is 0.0897 e. The molecule has 5 nitrogen and oxygen atoms in total. The minimum Gasteiger partial charge on any atom is -0.393 e. The van der Waals surface area contributed by atoms with Crippen LogP contribution in [0.2, 0.25) is 0 Å². The number of aliphatic hydroxyl groups excluding tert-OH is 2. The third kappa shape index (κ3) is 5.77. The van der Waals surface area contributed by atoms with Crippen LogP contribution < -0.4 is 5.32 Å². The zero-order valence-electron chi connectivity index (χ0n) is 9.89. The molecule has 0 bridgehead atoms. The van der Waals surface area contributed by atoms with Crippen molar-refractivity contribution in [3.63, 3.8) is 0 Å². The molecule has 0 radical (unpaired) electrons. The molecule has 96 valence electrons. The third-order valence-electron chi connectivity index (χ3n) is 2.77. The molecular weight excluding hydrogens is 210 g/mol. The van der Waals surface area contributed by atoms with Crippen molar-refractivity contribution in [2.75, 3.05) is 40.0 Å². The molecule has 0 aromatic heterocycles. The van der Waals surface area contributed by atoms with Gasteiger partial charge in [0.25, 0.3) is 0 Å². The number of nitrogens with one attached hydrogen (secondary N) is 1. The summed E-state index contributed by atoms with van der Waals surface area (Å²) < 4.78 is 10.0. The normalized spacial score (nSPS) is 26.4. The monoisotopic (exact) mass is 233 g/mol. The van der Waals surface area contributed by atoms with Crippen LogP contribution in [-0.4, -0.2) is 62.4 Å². The van der Waals surface area contributed by atoms with Gasteiger partial charge in [-0.15, -0.1) is 0 Å². The minimum atomic E-state index is -0.471. The van der Waals surface area contributed by atoms with Gasteiger partial charge in [0.1, 0.15) is 0 Å². The lowest BCUT2D eigenvalue weighted by Crippen LogP contribution is -2.39. The van der Waals surface area contributed by atoms with Gasteiger partial charge in [-0.2, -0.15) is 0 Å². The first-order valence-electron chi connectivity index (χ1n) is 5.86. The Morgan fingerprint density at radius 2 is 2.12 bits per heavy atom. The van der Waals surface area contributed by atoms with Gasteiger partial charge in [0, 0.05) is 13.7 Å². The van der Waals surface area contributed by atoms with Gasteiger partial charge in [0.2, 0.25) is 0 Å². The van der Waals surface area contributed by atoms with Gasteiger partial charge in [-0.25, -0.2) is 0 Å². The molecule has 1 unspecified atom stereocenters. The zero-order chi connectivity index (χ0) is 11.8. The molecule has 16 heavy (non-hydrogen) atoms. The second-order valence-corrected chi connectivity index (χ2v) is 4.37. The van der Waals surface area contributed by atoms with E-state index in [1.807, 2.05) is 0 Å². The van der Waals surface area contributed by atoms with Gasteiger partial charge in [-0.05, 0) is 25.3 Å². The van der Waals surface area contributed by atoms with Crippen molar-refractivity contribution in [1.82, 2.24) is 5.32 Å². The molecule has 0 spiro atoms. The van der Waals surface area contributed by atoms with Crippen LogP contribution in [0.3, 0.4) is 0 Å². The largest absolute Gasteiger partial charge is 0.393 e. The molecule has 1 aliphatic rings. The highest BCUT2D eigenvalue weighted by atomic mass is 16.5. The number of methoxy groups -OCH3 is 1. The smallest absolute Gasteiger partial charge is 0.0897 e. The van der Waals surface area contributed by atoms with Gasteiger partial charge >= 0.3 is 0 Å². The third-order valence-corrected chi connectivity index (χ3v) is 2.77. The van der Waals surface area contributed by atoms with E-state index in [4.69, 9.17) is 14.6 Å². The maximum atomic E-state index is 9.53. The molecule has 1 atom stereocenters. The summed E-state index contributed by atoms with van der Waals surface area (Å²) in [6.07, 6.45) is 1.19. The van der Waals surface area contributed by atoms with Crippen LogP contribution >= 0.6 is 0 Å². The fourth-order valence-corrected chi connectivity index (χ4v) is 1.74. The average molecular weight is 233 g/mol. The Bertz CT molecular complexity index is 173. The molecule has 0 amide bonds. The second kappa shape index (κ2) is 7.97. The highest BCUT2D eigenvalue weighted by molar-refractivity contribution is 4.80. The van der Waals surface area contributed by atoms with Crippen LogP contribution in [0.5, 0.6) is 0 Å². The lowest BCUT2D eigenvalue weighted by Gasteiger charge is -2.31. The average Bonchev–Trinajstić information content (AvgIpc) is 2.22. The molecule has 0 aromatic rings. The quantitative estimate of drug-likeness (QED) is 0.463. The van der Waals surface area contributed by atoms with Crippen LogP contribution in [-0.2, 0) is 9.47 Å². The molecular formula is C11H23NO4. The maximum absolute atomic E-state index is 9.53. The Kier molecular flexibility index (Phi) is 6.91. The van der Waals surface area contributed by atoms with E-state index in [-0.39, 0.29) is 6.10 Å². The van der Waals surface area contributed by atoms with Gasteiger partial charge in [0.05, 0.1) is 32.0 Å². The Balaban J connectivity index is 1.84. The molecule has 5 heteroatoms. The summed E-state index contributed by atoms with van der Waals surface area (Å²) in [5, 5.41) is 21.8. The van der Waals surface area contributed by atoms with Gasteiger partial charge in [-0.3, -0.25) is 0 Å². The van der Waals surface area contributed by atoms with Crippen molar-refractivity contribution in [3.8, 4) is 0 Å². The molecule has 1 rings (SSSR count). The van der Waals surface area contributed by atoms with E-state index in [0.29, 0.717) is 32.3 Å². The van der Waals surface area contributed by atoms with Crippen LogP contribution in [0.15, 0.2) is 0 Å². The minimum absolute atomic E-state index is 0.103. The van der Waals surface area contributed by atoms with Crippen molar-refractivity contribution in [2.24, 2.45) is 5.92 Å². The van der Waals surface area contributed by atoms with Gasteiger partial charge in [-0.1, -0.05) is 0 Å². The van der Waals surface area contributed by atoms with E-state index in [9.17, 15) is 5.11 Å². The Morgan fingerprint density at radius 3 is 2.75 bits per heavy atom. The number of rotatable bonds is 9. The summed E-state index contributed by atoms with van der Waals surface area (Å²) >= 11 is 0. The lowest BCUT2D eigenvalue weighted by molar-refractivity contribution is 0.0106. The molecule has 0 saturated heterocycles. The molecule has 1 saturated carbocycles. The first kappa shape index (κ1) is 13.9. The SMILES string of the molecule is COCCOCC(O)CNCC1CC(O)C1. The van der Waals surface area contributed by atoms with E-state index >= 15 is 0 Å². The van der Waals surface area contributed by atoms with E-state index in [0.717, 1.165) is 19.4 Å². The van der Waals surface area contributed by atoms with Crippen LogP contribution in [0.4, 0.5) is 0 Å². The van der Waals surface area contributed by atoms with Crippen LogP contribution in [0, 0.1) is 5.92 Å². The summed E-state index contributed by atoms with van der Waals surface area (Å²) in [6.45, 7) is 2.82. The first-order chi connectivity index (χ1) is 7.72. The van der Waals surface area contributed by atoms with Crippen molar-refractivity contribution >= 4 is 0 Å². The van der Waals surface area contributed by atoms with Gasteiger partial charge < -0.3 is 25.0 Å². The number of aliphatic hydroxyl groups is 2. The Hall–Kier alpha value is -0.200. The van der Waals surface area contributed by atoms with Gasteiger partial charge in [0.15, 0.2) is 0 Å². The summed E-state index contributed by atoms with van der Waals surface area (Å²) in [4.78, 5) is 0. The predicted octanol–water partition coefficient (Wildman–Crippen LogP) is -0.629. The van der Waals surface area contributed by atoms with E-state index in [1.54, 1.807) is 7.11 Å². The van der Waals surface area contributed by atoms with Crippen molar-refractivity contribution in [3.05, 3.63) is 0 Å². The summed E-state index contributed by atoms with van der Waals surface area (Å²) in [6, 6.07) is 0. The van der Waals surface area contributed by atoms with E-state index in [1.165, 1.54) is 0 Å². The number of hydrogen-bond donors (Lipinski definition) is 3. The topological polar surface area (TPSA) is 71.0 Å². The number of ether oxygens (including phenoxy) is 2. The van der Waals surface area contributed by atoms with E-state index < -0.39 is 6.10 Å². The van der Waals surface area contributed by atoms with Crippen LogP contribution in [0.25, 0.3) is 0 Å².